The molecule has 0 spiro atoms. The number of hydrogen-bond donors (Lipinski definition) is 2. The second-order valence-electron chi connectivity index (χ2n) is 6.04. The highest BCUT2D eigenvalue weighted by Crippen LogP contribution is 2.34. The lowest BCUT2D eigenvalue weighted by Crippen LogP contribution is -1.97. The van der Waals surface area contributed by atoms with Crippen molar-refractivity contribution >= 4 is 7.60 Å². The Hall–Kier alpha value is -0.630. The highest BCUT2D eigenvalue weighted by Gasteiger charge is 2.09. The van der Waals surface area contributed by atoms with Crippen LogP contribution in [0.1, 0.15) is 52.9 Å². The van der Waals surface area contributed by atoms with Gasteiger partial charge in [-0.3, -0.25) is 4.57 Å². The molecule has 0 radical (unpaired) electrons. The maximum absolute atomic E-state index is 10.6. The SMILES string of the molecule is CC(C)(C)C=CCCC=CCCC=CCCP(=O)(O)O. The molecule has 2 N–H and O–H groups in total. The van der Waals surface area contributed by atoms with E-state index in [9.17, 15) is 4.57 Å². The molecule has 0 fully saturated rings. The monoisotopic (exact) mass is 300 g/mol. The summed E-state index contributed by atoms with van der Waals surface area (Å²) in [6, 6.07) is 0. The van der Waals surface area contributed by atoms with Crippen molar-refractivity contribution in [1.29, 1.82) is 0 Å². The molecule has 0 aliphatic rings. The molecular formula is C16H29O3P. The molecule has 0 aliphatic heterocycles. The Morgan fingerprint density at radius 1 is 0.800 bits per heavy atom. The lowest BCUT2D eigenvalue weighted by molar-refractivity contribution is 0.373. The molecule has 0 saturated carbocycles. The summed E-state index contributed by atoms with van der Waals surface area (Å²) in [5.41, 5.74) is 0.265. The highest BCUT2D eigenvalue weighted by atomic mass is 31.2. The quantitative estimate of drug-likeness (QED) is 0.364. The minimum absolute atomic E-state index is 0.0561. The maximum atomic E-state index is 10.6. The van der Waals surface area contributed by atoms with Crippen molar-refractivity contribution in [3.8, 4) is 0 Å². The summed E-state index contributed by atoms with van der Waals surface area (Å²) < 4.78 is 10.6. The van der Waals surface area contributed by atoms with Crippen LogP contribution in [0.15, 0.2) is 36.5 Å². The molecule has 116 valence electrons. The fourth-order valence-electron chi connectivity index (χ4n) is 1.54. The Labute approximate surface area is 123 Å². The molecule has 0 aliphatic carbocycles. The molecule has 0 aromatic carbocycles. The first kappa shape index (κ1) is 19.4. The molecule has 0 amide bonds. The van der Waals surface area contributed by atoms with Gasteiger partial charge >= 0.3 is 7.60 Å². The number of rotatable bonds is 9. The highest BCUT2D eigenvalue weighted by molar-refractivity contribution is 7.51. The van der Waals surface area contributed by atoms with Crippen molar-refractivity contribution in [2.24, 2.45) is 5.41 Å². The van der Waals surface area contributed by atoms with E-state index in [1.165, 1.54) is 0 Å². The molecule has 0 unspecified atom stereocenters. The lowest BCUT2D eigenvalue weighted by Gasteiger charge is -2.10. The molecule has 0 heterocycles. The van der Waals surface area contributed by atoms with E-state index in [1.807, 2.05) is 12.2 Å². The van der Waals surface area contributed by atoms with E-state index in [1.54, 1.807) is 0 Å². The van der Waals surface area contributed by atoms with Gasteiger partial charge in [-0.05, 0) is 37.5 Å². The summed E-state index contributed by atoms with van der Waals surface area (Å²) in [5, 5.41) is 0. The van der Waals surface area contributed by atoms with Crippen molar-refractivity contribution in [2.75, 3.05) is 6.16 Å². The van der Waals surface area contributed by atoms with Crippen molar-refractivity contribution in [3.05, 3.63) is 36.5 Å². The topological polar surface area (TPSA) is 57.5 Å². The first-order valence-electron chi connectivity index (χ1n) is 7.23. The van der Waals surface area contributed by atoms with Gasteiger partial charge in [-0.2, -0.15) is 0 Å². The summed E-state index contributed by atoms with van der Waals surface area (Å²) in [7, 11) is -3.83. The molecule has 0 aromatic rings. The summed E-state index contributed by atoms with van der Waals surface area (Å²) in [6.45, 7) is 6.58. The minimum Gasteiger partial charge on any atom is -0.324 e. The number of hydrogen-bond acceptors (Lipinski definition) is 1. The van der Waals surface area contributed by atoms with Crippen molar-refractivity contribution < 1.29 is 14.4 Å². The predicted octanol–water partition coefficient (Wildman–Crippen LogP) is 4.83. The van der Waals surface area contributed by atoms with Crippen LogP contribution in [-0.4, -0.2) is 15.9 Å². The van der Waals surface area contributed by atoms with E-state index >= 15 is 0 Å². The lowest BCUT2D eigenvalue weighted by atomic mass is 9.96. The van der Waals surface area contributed by atoms with Crippen LogP contribution in [-0.2, 0) is 4.57 Å². The smallest absolute Gasteiger partial charge is 0.324 e. The average molecular weight is 300 g/mol. The van der Waals surface area contributed by atoms with Gasteiger partial charge in [0.2, 0.25) is 0 Å². The van der Waals surface area contributed by atoms with Crippen LogP contribution >= 0.6 is 7.60 Å². The Morgan fingerprint density at radius 2 is 1.20 bits per heavy atom. The second kappa shape index (κ2) is 10.1. The standard InChI is InChI=1S/C16H29O3P/c1-16(2,3)14-12-10-8-6-4-5-7-9-11-13-15-20(17,18)19/h4,6,9,11-12,14H,5,7-8,10,13,15H2,1-3H3,(H2,17,18,19). The van der Waals surface area contributed by atoms with Crippen molar-refractivity contribution in [2.45, 2.75) is 52.9 Å². The summed E-state index contributed by atoms with van der Waals surface area (Å²) >= 11 is 0. The van der Waals surface area contributed by atoms with Crippen molar-refractivity contribution in [3.63, 3.8) is 0 Å². The fraction of sp³-hybridized carbons (Fsp3) is 0.625. The average Bonchev–Trinajstić information content (AvgIpc) is 2.27. The third-order valence-electron chi connectivity index (χ3n) is 2.54. The Balaban J connectivity index is 3.52. The Kier molecular flexibility index (Phi) is 9.83. The van der Waals surface area contributed by atoms with Gasteiger partial charge in [0.25, 0.3) is 0 Å². The third-order valence-corrected chi connectivity index (χ3v) is 3.38. The predicted molar refractivity (Wildman–Crippen MR) is 86.9 cm³/mol. The summed E-state index contributed by atoms with van der Waals surface area (Å²) in [6.07, 6.45) is 17.1. The van der Waals surface area contributed by atoms with E-state index in [0.29, 0.717) is 6.42 Å². The minimum atomic E-state index is -3.83. The molecule has 0 aromatic heterocycles. The van der Waals surface area contributed by atoms with E-state index in [-0.39, 0.29) is 11.6 Å². The number of allylic oxidation sites excluding steroid dienone is 6. The zero-order valence-electron chi connectivity index (χ0n) is 13.0. The van der Waals surface area contributed by atoms with E-state index in [2.05, 4.69) is 45.1 Å². The Bertz CT molecular complexity index is 370. The molecule has 20 heavy (non-hydrogen) atoms. The van der Waals surface area contributed by atoms with Crippen LogP contribution in [0.2, 0.25) is 0 Å². The van der Waals surface area contributed by atoms with Crippen LogP contribution in [0.25, 0.3) is 0 Å². The van der Waals surface area contributed by atoms with E-state index in [4.69, 9.17) is 9.79 Å². The van der Waals surface area contributed by atoms with Crippen LogP contribution < -0.4 is 0 Å². The maximum Gasteiger partial charge on any atom is 0.325 e. The number of unbranched alkanes of at least 4 members (excludes halogenated alkanes) is 2. The van der Waals surface area contributed by atoms with Crippen LogP contribution in [0, 0.1) is 5.41 Å². The van der Waals surface area contributed by atoms with Gasteiger partial charge in [0.05, 0.1) is 6.16 Å². The van der Waals surface area contributed by atoms with Gasteiger partial charge in [-0.1, -0.05) is 57.2 Å². The summed E-state index contributed by atoms with van der Waals surface area (Å²) in [4.78, 5) is 17.3. The van der Waals surface area contributed by atoms with Crippen LogP contribution in [0.5, 0.6) is 0 Å². The van der Waals surface area contributed by atoms with E-state index in [0.717, 1.165) is 25.7 Å². The molecule has 0 bridgehead atoms. The van der Waals surface area contributed by atoms with Gasteiger partial charge in [0, 0.05) is 0 Å². The van der Waals surface area contributed by atoms with Gasteiger partial charge in [0.15, 0.2) is 0 Å². The summed E-state index contributed by atoms with van der Waals surface area (Å²) in [5.74, 6) is 0. The van der Waals surface area contributed by atoms with Gasteiger partial charge in [-0.25, -0.2) is 0 Å². The molecule has 0 rings (SSSR count). The van der Waals surface area contributed by atoms with Gasteiger partial charge in [-0.15, -0.1) is 0 Å². The molecular weight excluding hydrogens is 271 g/mol. The molecule has 4 heteroatoms. The first-order valence-corrected chi connectivity index (χ1v) is 9.03. The van der Waals surface area contributed by atoms with Crippen molar-refractivity contribution in [1.82, 2.24) is 0 Å². The molecule has 0 atom stereocenters. The Morgan fingerprint density at radius 3 is 1.60 bits per heavy atom. The van der Waals surface area contributed by atoms with E-state index < -0.39 is 7.60 Å². The normalized spacial score (nSPS) is 14.1. The first-order chi connectivity index (χ1) is 9.21. The third kappa shape index (κ3) is 17.4. The van der Waals surface area contributed by atoms with Crippen LogP contribution in [0.4, 0.5) is 0 Å². The van der Waals surface area contributed by atoms with Crippen LogP contribution in [0.3, 0.4) is 0 Å². The zero-order chi connectivity index (χ0) is 15.5. The molecule has 3 nitrogen and oxygen atoms in total. The zero-order valence-corrected chi connectivity index (χ0v) is 13.9. The fourth-order valence-corrected chi connectivity index (χ4v) is 2.02. The van der Waals surface area contributed by atoms with Gasteiger partial charge < -0.3 is 9.79 Å². The largest absolute Gasteiger partial charge is 0.325 e. The molecule has 0 saturated heterocycles. The second-order valence-corrected chi connectivity index (χ2v) is 7.82. The van der Waals surface area contributed by atoms with Gasteiger partial charge in [0.1, 0.15) is 0 Å².